The summed E-state index contributed by atoms with van der Waals surface area (Å²) in [5.74, 6) is -6.62. The maximum atomic E-state index is 12.9. The van der Waals surface area contributed by atoms with Gasteiger partial charge in [0.1, 0.15) is 0 Å². The Balaban J connectivity index is 0.0000130. The molecule has 0 fully saturated rings. The molecule has 19 heteroatoms. The number of hydrazine groups is 1. The molecular weight excluding hydrogens is 816 g/mol. The van der Waals surface area contributed by atoms with Crippen LogP contribution in [0.15, 0.2) is 54.6 Å². The van der Waals surface area contributed by atoms with Gasteiger partial charge in [0.25, 0.3) is 11.8 Å². The molecule has 0 unspecified atom stereocenters. The van der Waals surface area contributed by atoms with Gasteiger partial charge in [-0.05, 0) is 36.1 Å². The number of benzene rings is 2. The number of carboxylic acids is 4. The normalized spacial score (nSPS) is 11.4. The van der Waals surface area contributed by atoms with E-state index in [1.807, 2.05) is 30.3 Å². The van der Waals surface area contributed by atoms with Crippen LogP contribution in [-0.2, 0) is 41.7 Å². The Morgan fingerprint density at radius 3 is 1.55 bits per heavy atom. The number of carbonyl (C=O) groups excluding carboxylic acids is 3. The molecule has 51 heavy (non-hydrogen) atoms. The number of aryl methyl sites for hydroxylation is 1. The van der Waals surface area contributed by atoms with Crippen molar-refractivity contribution in [2.75, 3.05) is 58.9 Å². The van der Waals surface area contributed by atoms with Gasteiger partial charge in [0.05, 0.1) is 38.8 Å². The number of nitrogens with two attached hydrogens (primary N) is 1. The van der Waals surface area contributed by atoms with Crippen molar-refractivity contribution in [3.63, 3.8) is 0 Å². The van der Waals surface area contributed by atoms with Crippen molar-refractivity contribution in [3.05, 3.63) is 71.3 Å². The topological polar surface area (TPSA) is 272 Å². The average molecular weight is 859 g/mol. The Hall–Kier alpha value is -4.11. The molecule has 18 nitrogen and oxygen atoms in total. The summed E-state index contributed by atoms with van der Waals surface area (Å²) in [6.07, 6.45) is 0.974. The summed E-state index contributed by atoms with van der Waals surface area (Å²) in [6, 6.07) is 14.8. The maximum Gasteiger partial charge on any atom is 3.00 e. The number of carboxylic acid groups (broad SMARTS) is 4. The molecule has 277 valence electrons. The van der Waals surface area contributed by atoms with E-state index in [0.29, 0.717) is 18.4 Å². The first-order valence-electron chi connectivity index (χ1n) is 15.5. The SMILES string of the molecule is N[C@H](CCc1ccccc1)C(=O)NNC(=O)c1ccc(CNC(=O)CN(CCN(CC(=O)O)CC(=O)O)CCN(CC(=O)O)CC(=O)O)cc1.[Gd+3]. The molecule has 0 aliphatic rings. The molecule has 2 aromatic rings. The van der Waals surface area contributed by atoms with E-state index in [1.54, 1.807) is 12.1 Å². The molecule has 0 aromatic heterocycles. The van der Waals surface area contributed by atoms with Gasteiger partial charge in [-0.25, -0.2) is 0 Å². The number of hydrogen-bond donors (Lipinski definition) is 8. The second-order valence-corrected chi connectivity index (χ2v) is 11.3. The molecule has 1 radical (unpaired) electrons. The van der Waals surface area contributed by atoms with Crippen molar-refractivity contribution in [1.29, 1.82) is 0 Å². The van der Waals surface area contributed by atoms with Gasteiger partial charge in [-0.1, -0.05) is 42.5 Å². The third-order valence-corrected chi connectivity index (χ3v) is 7.20. The van der Waals surface area contributed by atoms with Crippen LogP contribution >= 0.6 is 0 Å². The third kappa shape index (κ3) is 19.8. The van der Waals surface area contributed by atoms with Gasteiger partial charge in [0, 0.05) is 38.3 Å². The minimum atomic E-state index is -1.25. The summed E-state index contributed by atoms with van der Waals surface area (Å²) in [4.78, 5) is 86.3. The van der Waals surface area contributed by atoms with Crippen LogP contribution in [0, 0.1) is 39.9 Å². The molecule has 0 saturated carbocycles. The van der Waals surface area contributed by atoms with Gasteiger partial charge >= 0.3 is 63.8 Å². The summed E-state index contributed by atoms with van der Waals surface area (Å²) in [5.41, 5.74) is 12.4. The minimum Gasteiger partial charge on any atom is -0.480 e. The zero-order valence-corrected chi connectivity index (χ0v) is 29.9. The van der Waals surface area contributed by atoms with Crippen molar-refractivity contribution in [2.45, 2.75) is 25.4 Å². The van der Waals surface area contributed by atoms with Crippen LogP contribution in [0.5, 0.6) is 0 Å². The van der Waals surface area contributed by atoms with Crippen molar-refractivity contribution in [2.24, 2.45) is 5.73 Å². The largest absolute Gasteiger partial charge is 3.00 e. The fourth-order valence-corrected chi connectivity index (χ4v) is 4.64. The van der Waals surface area contributed by atoms with Gasteiger partial charge < -0.3 is 31.5 Å². The molecule has 0 aliphatic heterocycles. The molecular formula is C32H43GdN7O11+3. The second-order valence-electron chi connectivity index (χ2n) is 11.3. The predicted octanol–water partition coefficient (Wildman–Crippen LogP) is -1.73. The Morgan fingerprint density at radius 2 is 1.08 bits per heavy atom. The molecule has 9 N–H and O–H groups in total. The van der Waals surface area contributed by atoms with Crippen LogP contribution < -0.4 is 21.9 Å². The van der Waals surface area contributed by atoms with E-state index in [9.17, 15) is 33.6 Å². The summed E-state index contributed by atoms with van der Waals surface area (Å²) >= 11 is 0. The fraction of sp³-hybridized carbons (Fsp3) is 0.406. The summed E-state index contributed by atoms with van der Waals surface area (Å²) in [5, 5.41) is 39.2. The number of amides is 3. The molecule has 0 spiro atoms. The molecule has 0 saturated heterocycles. The third-order valence-electron chi connectivity index (χ3n) is 7.20. The Labute approximate surface area is 326 Å². The van der Waals surface area contributed by atoms with Crippen molar-refractivity contribution in [3.8, 4) is 0 Å². The number of carbonyl (C=O) groups is 7. The van der Waals surface area contributed by atoms with E-state index < -0.39 is 73.8 Å². The van der Waals surface area contributed by atoms with Crippen molar-refractivity contribution >= 4 is 41.6 Å². The standard InChI is InChI=1S/C32H43N7O11.Gd/c33-25(11-8-22-4-2-1-3-5-22)32(50)36-35-31(49)24-9-6-23(7-10-24)16-34-26(40)17-37(12-14-38(18-27(41)42)19-28(43)44)13-15-39(20-29(45)46)21-30(47)48;/h1-7,9-10,25H,8,11-21,33H2,(H,34,40)(H,35,49)(H,36,50)(H,41,42)(H,43,44)(H,45,46)(H,47,48);/q;+3/t25-;/m1./s1. The number of aliphatic carboxylic acids is 4. The van der Waals surface area contributed by atoms with E-state index in [0.717, 1.165) is 15.4 Å². The van der Waals surface area contributed by atoms with Crippen LogP contribution in [0.4, 0.5) is 0 Å². The van der Waals surface area contributed by atoms with Crippen molar-refractivity contribution < 1.29 is 93.9 Å². The maximum absolute atomic E-state index is 12.9. The first-order valence-corrected chi connectivity index (χ1v) is 15.5. The summed E-state index contributed by atoms with van der Waals surface area (Å²) in [6.45, 7) is -2.58. The van der Waals surface area contributed by atoms with Crippen LogP contribution in [0.1, 0.15) is 27.9 Å². The second kappa shape index (κ2) is 24.1. The van der Waals surface area contributed by atoms with Gasteiger partial charge in [0.15, 0.2) is 0 Å². The number of hydrogen-bond acceptors (Lipinski definition) is 11. The number of rotatable bonds is 23. The van der Waals surface area contributed by atoms with E-state index >= 15 is 0 Å². The van der Waals surface area contributed by atoms with Gasteiger partial charge in [-0.15, -0.1) is 0 Å². The smallest absolute Gasteiger partial charge is 0.480 e. The zero-order valence-electron chi connectivity index (χ0n) is 27.7. The van der Waals surface area contributed by atoms with Crippen molar-refractivity contribution in [1.82, 2.24) is 30.9 Å². The van der Waals surface area contributed by atoms with E-state index in [-0.39, 0.29) is 84.8 Å². The van der Waals surface area contributed by atoms with E-state index in [2.05, 4.69) is 16.2 Å². The van der Waals surface area contributed by atoms with E-state index in [1.165, 1.54) is 17.0 Å². The van der Waals surface area contributed by atoms with Crippen LogP contribution in [0.2, 0.25) is 0 Å². The molecule has 2 aromatic carbocycles. The average Bonchev–Trinajstić information content (AvgIpc) is 3.05. The van der Waals surface area contributed by atoms with Crippen LogP contribution in [0.3, 0.4) is 0 Å². The first kappa shape index (κ1) is 44.9. The molecule has 0 bridgehead atoms. The number of nitrogens with zero attached hydrogens (tertiary/aromatic N) is 3. The molecule has 1 atom stereocenters. The zero-order chi connectivity index (χ0) is 37.1. The summed E-state index contributed by atoms with van der Waals surface area (Å²) in [7, 11) is 0. The molecule has 0 aliphatic carbocycles. The molecule has 2 rings (SSSR count). The monoisotopic (exact) mass is 859 g/mol. The number of nitrogens with one attached hydrogen (secondary N) is 3. The van der Waals surface area contributed by atoms with Gasteiger partial charge in [-0.2, -0.15) is 0 Å². The quantitative estimate of drug-likeness (QED) is 0.0577. The molecule has 0 heterocycles. The van der Waals surface area contributed by atoms with Crippen LogP contribution in [-0.4, -0.2) is 142 Å². The Morgan fingerprint density at radius 1 is 0.608 bits per heavy atom. The summed E-state index contributed by atoms with van der Waals surface area (Å²) < 4.78 is 0. The van der Waals surface area contributed by atoms with Gasteiger partial charge in [0.2, 0.25) is 5.91 Å². The Kier molecular flexibility index (Phi) is 21.3. The van der Waals surface area contributed by atoms with Gasteiger partial charge in [-0.3, -0.25) is 59.1 Å². The minimum absolute atomic E-state index is 0. The predicted molar refractivity (Wildman–Crippen MR) is 176 cm³/mol. The first-order chi connectivity index (χ1) is 23.7. The molecule has 3 amide bonds. The Bertz CT molecular complexity index is 1390. The fourth-order valence-electron chi connectivity index (χ4n) is 4.64. The van der Waals surface area contributed by atoms with E-state index in [4.69, 9.17) is 26.2 Å². The van der Waals surface area contributed by atoms with Crippen LogP contribution in [0.25, 0.3) is 0 Å².